The van der Waals surface area contributed by atoms with Crippen LogP contribution in [0.15, 0.2) is 48.5 Å². The summed E-state index contributed by atoms with van der Waals surface area (Å²) in [7, 11) is 1.60. The first-order valence-electron chi connectivity index (χ1n) is 8.96. The van der Waals surface area contributed by atoms with Gasteiger partial charge in [-0.15, -0.1) is 0 Å². The number of benzene rings is 2. The Hall–Kier alpha value is -2.86. The van der Waals surface area contributed by atoms with Gasteiger partial charge >= 0.3 is 0 Å². The van der Waals surface area contributed by atoms with Crippen molar-refractivity contribution in [3.63, 3.8) is 0 Å². The van der Waals surface area contributed by atoms with Crippen molar-refractivity contribution in [1.82, 2.24) is 10.2 Å². The fraction of sp³-hybridized carbons (Fsp3) is 0.333. The van der Waals surface area contributed by atoms with Gasteiger partial charge in [0.15, 0.2) is 6.61 Å². The smallest absolute Gasteiger partial charge is 0.260 e. The fourth-order valence-electron chi connectivity index (χ4n) is 3.02. The van der Waals surface area contributed by atoms with Crippen LogP contribution in [0.25, 0.3) is 0 Å². The Morgan fingerprint density at radius 3 is 2.78 bits per heavy atom. The molecule has 1 heterocycles. The van der Waals surface area contributed by atoms with E-state index in [0.717, 1.165) is 11.1 Å². The molecule has 0 saturated heterocycles. The zero-order valence-corrected chi connectivity index (χ0v) is 15.6. The number of nitrogens with zero attached hydrogens (tertiary/aromatic N) is 1. The summed E-state index contributed by atoms with van der Waals surface area (Å²) >= 11 is 0. The Morgan fingerprint density at radius 1 is 1.26 bits per heavy atom. The van der Waals surface area contributed by atoms with E-state index >= 15 is 0 Å². The molecule has 0 aromatic heterocycles. The van der Waals surface area contributed by atoms with Crippen LogP contribution in [0.4, 0.5) is 0 Å². The van der Waals surface area contributed by atoms with Gasteiger partial charge in [-0.25, -0.2) is 0 Å². The van der Waals surface area contributed by atoms with Gasteiger partial charge in [0.2, 0.25) is 0 Å². The molecule has 1 aliphatic rings. The molecule has 142 valence electrons. The normalized spacial score (nSPS) is 14.7. The molecular weight excluding hydrogens is 344 g/mol. The van der Waals surface area contributed by atoms with Crippen molar-refractivity contribution in [1.29, 1.82) is 0 Å². The maximum atomic E-state index is 12.7. The molecule has 2 amide bonds. The molecule has 0 radical (unpaired) electrons. The Bertz CT molecular complexity index is 807. The van der Waals surface area contributed by atoms with E-state index in [0.29, 0.717) is 31.0 Å². The standard InChI is InChI=1S/C21H24N2O4/c1-15(16-6-4-3-5-7-16)22-21(25)17-8-9-19-18(12-17)13-23(10-11-26-2)20(24)14-27-19/h3-9,12,15H,10-11,13-14H2,1-2H3,(H,22,25). The summed E-state index contributed by atoms with van der Waals surface area (Å²) in [6, 6.07) is 15.0. The number of rotatable bonds is 6. The Morgan fingerprint density at radius 2 is 2.04 bits per heavy atom. The minimum absolute atomic E-state index is 0.00665. The maximum Gasteiger partial charge on any atom is 0.260 e. The molecule has 2 aromatic rings. The third kappa shape index (κ3) is 4.65. The topological polar surface area (TPSA) is 67.9 Å². The van der Waals surface area contributed by atoms with Gasteiger partial charge < -0.3 is 19.7 Å². The third-order valence-corrected chi connectivity index (χ3v) is 4.60. The van der Waals surface area contributed by atoms with Crippen LogP contribution >= 0.6 is 0 Å². The highest BCUT2D eigenvalue weighted by molar-refractivity contribution is 5.95. The number of ether oxygens (including phenoxy) is 2. The van der Waals surface area contributed by atoms with Crippen molar-refractivity contribution in [2.24, 2.45) is 0 Å². The van der Waals surface area contributed by atoms with Crippen LogP contribution in [0, 0.1) is 0 Å². The van der Waals surface area contributed by atoms with Crippen LogP contribution in [-0.4, -0.2) is 43.6 Å². The van der Waals surface area contributed by atoms with Gasteiger partial charge in [-0.05, 0) is 30.7 Å². The molecule has 1 unspecified atom stereocenters. The largest absolute Gasteiger partial charge is 0.483 e. The van der Waals surface area contributed by atoms with Crippen LogP contribution in [0.2, 0.25) is 0 Å². The van der Waals surface area contributed by atoms with Crippen molar-refractivity contribution < 1.29 is 19.1 Å². The molecule has 1 N–H and O–H groups in total. The number of fused-ring (bicyclic) bond motifs is 1. The summed E-state index contributed by atoms with van der Waals surface area (Å²) in [6.07, 6.45) is 0. The number of nitrogens with one attached hydrogen (secondary N) is 1. The predicted octanol–water partition coefficient (Wildman–Crippen LogP) is 2.55. The van der Waals surface area contributed by atoms with Crippen LogP contribution in [0.5, 0.6) is 5.75 Å². The highest BCUT2D eigenvalue weighted by Gasteiger charge is 2.22. The van der Waals surface area contributed by atoms with E-state index in [2.05, 4.69) is 5.32 Å². The molecule has 1 aliphatic heterocycles. The highest BCUT2D eigenvalue weighted by Crippen LogP contribution is 2.25. The summed E-state index contributed by atoms with van der Waals surface area (Å²) in [6.45, 7) is 3.28. The van der Waals surface area contributed by atoms with E-state index in [1.165, 1.54) is 0 Å². The van der Waals surface area contributed by atoms with Crippen LogP contribution in [0.1, 0.15) is 34.5 Å². The maximum absolute atomic E-state index is 12.7. The number of hydrogen-bond acceptors (Lipinski definition) is 4. The predicted molar refractivity (Wildman–Crippen MR) is 102 cm³/mol. The van der Waals surface area contributed by atoms with Crippen LogP contribution in [0.3, 0.4) is 0 Å². The highest BCUT2D eigenvalue weighted by atomic mass is 16.5. The van der Waals surface area contributed by atoms with E-state index in [9.17, 15) is 9.59 Å². The summed E-state index contributed by atoms with van der Waals surface area (Å²) in [5.74, 6) is 0.385. The molecule has 0 fully saturated rings. The molecule has 6 nitrogen and oxygen atoms in total. The third-order valence-electron chi connectivity index (χ3n) is 4.60. The summed E-state index contributed by atoms with van der Waals surface area (Å²) in [5.41, 5.74) is 2.40. The zero-order chi connectivity index (χ0) is 19.2. The van der Waals surface area contributed by atoms with Crippen molar-refractivity contribution in [3.8, 4) is 5.75 Å². The van der Waals surface area contributed by atoms with Gasteiger partial charge in [0.25, 0.3) is 11.8 Å². The van der Waals surface area contributed by atoms with Gasteiger partial charge in [-0.1, -0.05) is 30.3 Å². The number of carbonyl (C=O) groups excluding carboxylic acids is 2. The van der Waals surface area contributed by atoms with Crippen molar-refractivity contribution in [2.45, 2.75) is 19.5 Å². The second kappa shape index (κ2) is 8.68. The first-order valence-corrected chi connectivity index (χ1v) is 8.96. The molecular formula is C21H24N2O4. The monoisotopic (exact) mass is 368 g/mol. The van der Waals surface area contributed by atoms with E-state index in [1.54, 1.807) is 30.2 Å². The summed E-state index contributed by atoms with van der Waals surface area (Å²) in [4.78, 5) is 26.5. The summed E-state index contributed by atoms with van der Waals surface area (Å²) < 4.78 is 10.7. The number of carbonyl (C=O) groups is 2. The number of amides is 2. The lowest BCUT2D eigenvalue weighted by atomic mass is 10.1. The second-order valence-electron chi connectivity index (χ2n) is 6.53. The minimum Gasteiger partial charge on any atom is -0.483 e. The molecule has 3 rings (SSSR count). The van der Waals surface area contributed by atoms with Crippen molar-refractivity contribution in [3.05, 3.63) is 65.2 Å². The van der Waals surface area contributed by atoms with E-state index in [-0.39, 0.29) is 24.5 Å². The van der Waals surface area contributed by atoms with Gasteiger partial charge in [0.1, 0.15) is 5.75 Å². The Labute approximate surface area is 159 Å². The average Bonchev–Trinajstić information content (AvgIpc) is 2.85. The van der Waals surface area contributed by atoms with Gasteiger partial charge in [-0.3, -0.25) is 9.59 Å². The molecule has 0 aliphatic carbocycles. The molecule has 0 saturated carbocycles. The zero-order valence-electron chi connectivity index (χ0n) is 15.6. The van der Waals surface area contributed by atoms with Crippen LogP contribution in [-0.2, 0) is 16.1 Å². The van der Waals surface area contributed by atoms with Gasteiger partial charge in [-0.2, -0.15) is 0 Å². The number of hydrogen-bond donors (Lipinski definition) is 1. The van der Waals surface area contributed by atoms with E-state index < -0.39 is 0 Å². The quantitative estimate of drug-likeness (QED) is 0.851. The van der Waals surface area contributed by atoms with Gasteiger partial charge in [0.05, 0.1) is 12.6 Å². The number of methoxy groups -OCH3 is 1. The van der Waals surface area contributed by atoms with Gasteiger partial charge in [0, 0.05) is 31.3 Å². The first-order chi connectivity index (χ1) is 13.1. The lowest BCUT2D eigenvalue weighted by molar-refractivity contribution is -0.133. The SMILES string of the molecule is COCCN1Cc2cc(C(=O)NC(C)c3ccccc3)ccc2OCC1=O. The lowest BCUT2D eigenvalue weighted by Gasteiger charge is -2.19. The summed E-state index contributed by atoms with van der Waals surface area (Å²) in [5, 5.41) is 3.01. The Balaban J connectivity index is 1.74. The molecule has 2 aromatic carbocycles. The first kappa shape index (κ1) is 18.9. The fourth-order valence-corrected chi connectivity index (χ4v) is 3.02. The molecule has 6 heteroatoms. The van der Waals surface area contributed by atoms with Crippen molar-refractivity contribution in [2.75, 3.05) is 26.9 Å². The minimum atomic E-state index is -0.159. The van der Waals surface area contributed by atoms with E-state index in [4.69, 9.17) is 9.47 Å². The molecule has 1 atom stereocenters. The van der Waals surface area contributed by atoms with Crippen molar-refractivity contribution >= 4 is 11.8 Å². The molecule has 0 spiro atoms. The van der Waals surface area contributed by atoms with E-state index in [1.807, 2.05) is 37.3 Å². The lowest BCUT2D eigenvalue weighted by Crippen LogP contribution is -2.34. The Kier molecular flexibility index (Phi) is 6.08. The molecule has 0 bridgehead atoms. The van der Waals surface area contributed by atoms with Crippen LogP contribution < -0.4 is 10.1 Å². The second-order valence-corrected chi connectivity index (χ2v) is 6.53. The average molecular weight is 368 g/mol. The molecule has 27 heavy (non-hydrogen) atoms.